The Kier molecular flexibility index (Phi) is 2.55. The molecule has 0 bridgehead atoms. The average Bonchev–Trinajstić information content (AvgIpc) is 2.57. The first kappa shape index (κ1) is 9.53. The topological polar surface area (TPSA) is 64.5 Å². The maximum atomic E-state index is 8.41. The van der Waals surface area contributed by atoms with Gasteiger partial charge in [0.1, 0.15) is 5.82 Å². The Balaban J connectivity index is 2.19. The molecule has 0 saturated carbocycles. The third-order valence-electron chi connectivity index (χ3n) is 2.17. The third kappa shape index (κ3) is 2.08. The molecule has 0 aliphatic carbocycles. The van der Waals surface area contributed by atoms with Crippen LogP contribution in [0, 0.1) is 18.3 Å². The molecule has 76 valence electrons. The number of nitrogens with zero attached hydrogens (tertiary/aromatic N) is 2. The van der Waals surface area contributed by atoms with E-state index < -0.39 is 0 Å². The first-order valence-electron chi connectivity index (χ1n) is 4.87. The largest absolute Gasteiger partial charge is 0.384 e. The lowest BCUT2D eigenvalue weighted by molar-refractivity contribution is 1.08. The Labute approximate surface area is 87.9 Å². The number of hydrogen-bond acceptors (Lipinski definition) is 3. The van der Waals surface area contributed by atoms with Crippen molar-refractivity contribution in [2.24, 2.45) is 0 Å². The smallest absolute Gasteiger partial charge is 0.104 e. The molecule has 15 heavy (non-hydrogen) atoms. The van der Waals surface area contributed by atoms with Crippen LogP contribution in [0.3, 0.4) is 0 Å². The van der Waals surface area contributed by atoms with Gasteiger partial charge in [-0.2, -0.15) is 5.26 Å². The van der Waals surface area contributed by atoms with Gasteiger partial charge in [0.2, 0.25) is 0 Å². The lowest BCUT2D eigenvalue weighted by Crippen LogP contribution is -1.99. The molecule has 0 saturated heterocycles. The molecule has 4 nitrogen and oxygen atoms in total. The Hall–Kier alpha value is -2.02. The normalized spacial score (nSPS) is 10.1. The molecule has 1 aromatic heterocycles. The number of aryl methyl sites for hydroxylation is 1. The van der Waals surface area contributed by atoms with Gasteiger partial charge in [0.15, 0.2) is 0 Å². The van der Waals surface area contributed by atoms with Crippen LogP contribution in [0.5, 0.6) is 0 Å². The van der Waals surface area contributed by atoms with Crippen molar-refractivity contribution < 1.29 is 0 Å². The van der Waals surface area contributed by atoms with E-state index in [1.54, 1.807) is 0 Å². The SMILES string of the molecule is Cc1nc2ccc(NCCC#N)cc2[nH]1. The molecule has 2 N–H and O–H groups in total. The second-order valence-corrected chi connectivity index (χ2v) is 3.39. The minimum atomic E-state index is 0.514. The lowest BCUT2D eigenvalue weighted by Gasteiger charge is -2.02. The number of nitrogens with one attached hydrogen (secondary N) is 2. The maximum absolute atomic E-state index is 8.41. The molecule has 0 unspecified atom stereocenters. The van der Waals surface area contributed by atoms with Gasteiger partial charge in [0.25, 0.3) is 0 Å². The Bertz CT molecular complexity index is 507. The van der Waals surface area contributed by atoms with Crippen LogP contribution in [0.4, 0.5) is 5.69 Å². The summed E-state index contributed by atoms with van der Waals surface area (Å²) < 4.78 is 0. The molecule has 2 rings (SSSR count). The minimum Gasteiger partial charge on any atom is -0.384 e. The molecule has 0 fully saturated rings. The summed E-state index contributed by atoms with van der Waals surface area (Å²) in [6.07, 6.45) is 0.514. The molecule has 0 atom stereocenters. The first-order chi connectivity index (χ1) is 7.29. The van der Waals surface area contributed by atoms with Gasteiger partial charge in [-0.15, -0.1) is 0 Å². The highest BCUT2D eigenvalue weighted by Gasteiger charge is 1.99. The summed E-state index contributed by atoms with van der Waals surface area (Å²) in [6, 6.07) is 8.04. The van der Waals surface area contributed by atoms with Crippen molar-refractivity contribution in [1.29, 1.82) is 5.26 Å². The molecule has 0 amide bonds. The van der Waals surface area contributed by atoms with E-state index in [4.69, 9.17) is 5.26 Å². The number of H-pyrrole nitrogens is 1. The van der Waals surface area contributed by atoms with Gasteiger partial charge in [0, 0.05) is 12.2 Å². The second-order valence-electron chi connectivity index (χ2n) is 3.39. The summed E-state index contributed by atoms with van der Waals surface area (Å²) in [5, 5.41) is 11.6. The van der Waals surface area contributed by atoms with Crippen LogP contribution in [-0.2, 0) is 0 Å². The van der Waals surface area contributed by atoms with Gasteiger partial charge in [-0.3, -0.25) is 0 Å². The van der Waals surface area contributed by atoms with Crippen molar-refractivity contribution in [3.05, 3.63) is 24.0 Å². The Morgan fingerprint density at radius 3 is 3.20 bits per heavy atom. The number of imidazole rings is 1. The highest BCUT2D eigenvalue weighted by molar-refractivity contribution is 5.79. The van der Waals surface area contributed by atoms with Crippen molar-refractivity contribution in [2.75, 3.05) is 11.9 Å². The lowest BCUT2D eigenvalue weighted by atomic mass is 10.2. The molecule has 0 spiro atoms. The number of anilines is 1. The van der Waals surface area contributed by atoms with E-state index in [-0.39, 0.29) is 0 Å². The zero-order chi connectivity index (χ0) is 10.7. The Morgan fingerprint density at radius 1 is 1.53 bits per heavy atom. The van der Waals surface area contributed by atoms with E-state index in [1.165, 1.54) is 0 Å². The van der Waals surface area contributed by atoms with Gasteiger partial charge < -0.3 is 10.3 Å². The molecule has 1 aromatic carbocycles. The van der Waals surface area contributed by atoms with Crippen LogP contribution in [0.25, 0.3) is 11.0 Å². The van der Waals surface area contributed by atoms with Gasteiger partial charge in [-0.1, -0.05) is 0 Å². The van der Waals surface area contributed by atoms with Crippen molar-refractivity contribution in [2.45, 2.75) is 13.3 Å². The van der Waals surface area contributed by atoms with Gasteiger partial charge in [-0.25, -0.2) is 4.98 Å². The molecular formula is C11H12N4. The number of aromatic nitrogens is 2. The minimum absolute atomic E-state index is 0.514. The average molecular weight is 200 g/mol. The summed E-state index contributed by atoms with van der Waals surface area (Å²) >= 11 is 0. The molecule has 2 aromatic rings. The summed E-state index contributed by atoms with van der Waals surface area (Å²) in [4.78, 5) is 7.49. The van der Waals surface area contributed by atoms with Gasteiger partial charge in [0.05, 0.1) is 23.5 Å². The highest BCUT2D eigenvalue weighted by atomic mass is 14.9. The first-order valence-corrected chi connectivity index (χ1v) is 4.87. The van der Waals surface area contributed by atoms with E-state index in [1.807, 2.05) is 25.1 Å². The molecule has 0 aliphatic heterocycles. The molecule has 0 radical (unpaired) electrons. The molecule has 4 heteroatoms. The quantitative estimate of drug-likeness (QED) is 0.746. The van der Waals surface area contributed by atoms with Crippen molar-refractivity contribution >= 4 is 16.7 Å². The van der Waals surface area contributed by atoms with Crippen LogP contribution in [0.2, 0.25) is 0 Å². The third-order valence-corrected chi connectivity index (χ3v) is 2.17. The van der Waals surface area contributed by atoms with Crippen molar-refractivity contribution in [3.63, 3.8) is 0 Å². The fourth-order valence-corrected chi connectivity index (χ4v) is 1.51. The maximum Gasteiger partial charge on any atom is 0.104 e. The standard InChI is InChI=1S/C11H12N4/c1-8-14-10-4-3-9(7-11(10)15-8)13-6-2-5-12/h3-4,7,13H,2,6H2,1H3,(H,14,15). The van der Waals surface area contributed by atoms with Crippen LogP contribution in [-0.4, -0.2) is 16.5 Å². The van der Waals surface area contributed by atoms with Gasteiger partial charge >= 0.3 is 0 Å². The van der Waals surface area contributed by atoms with E-state index >= 15 is 0 Å². The number of nitriles is 1. The number of benzene rings is 1. The predicted octanol–water partition coefficient (Wildman–Crippen LogP) is 2.20. The van der Waals surface area contributed by atoms with Crippen LogP contribution in [0.1, 0.15) is 12.2 Å². The van der Waals surface area contributed by atoms with Crippen LogP contribution < -0.4 is 5.32 Å². The number of rotatable bonds is 3. The van der Waals surface area contributed by atoms with E-state index in [9.17, 15) is 0 Å². The summed E-state index contributed by atoms with van der Waals surface area (Å²) in [7, 11) is 0. The van der Waals surface area contributed by atoms with Crippen LogP contribution in [0.15, 0.2) is 18.2 Å². The zero-order valence-corrected chi connectivity index (χ0v) is 8.54. The fourth-order valence-electron chi connectivity index (χ4n) is 1.51. The number of fused-ring (bicyclic) bond motifs is 1. The monoisotopic (exact) mass is 200 g/mol. The van der Waals surface area contributed by atoms with E-state index in [0.717, 1.165) is 22.5 Å². The molecule has 0 aliphatic rings. The van der Waals surface area contributed by atoms with Crippen molar-refractivity contribution in [1.82, 2.24) is 9.97 Å². The highest BCUT2D eigenvalue weighted by Crippen LogP contribution is 2.16. The van der Waals surface area contributed by atoms with Crippen molar-refractivity contribution in [3.8, 4) is 6.07 Å². The van der Waals surface area contributed by atoms with E-state index in [2.05, 4.69) is 21.4 Å². The predicted molar refractivity (Wildman–Crippen MR) is 59.6 cm³/mol. The summed E-state index contributed by atoms with van der Waals surface area (Å²) in [5.74, 6) is 0.916. The zero-order valence-electron chi connectivity index (χ0n) is 8.54. The molecular weight excluding hydrogens is 188 g/mol. The fraction of sp³-hybridized carbons (Fsp3) is 0.273. The van der Waals surface area contributed by atoms with Crippen LogP contribution >= 0.6 is 0 Å². The second kappa shape index (κ2) is 4.01. The number of hydrogen-bond donors (Lipinski definition) is 2. The van der Waals surface area contributed by atoms with Gasteiger partial charge in [-0.05, 0) is 25.1 Å². The summed E-state index contributed by atoms with van der Waals surface area (Å²) in [6.45, 7) is 2.61. The molecule has 1 heterocycles. The Morgan fingerprint density at radius 2 is 2.40 bits per heavy atom. The summed E-state index contributed by atoms with van der Waals surface area (Å²) in [5.41, 5.74) is 3.01. The number of aromatic amines is 1. The van der Waals surface area contributed by atoms with E-state index in [0.29, 0.717) is 13.0 Å².